The van der Waals surface area contributed by atoms with E-state index in [-0.39, 0.29) is 0 Å². The van der Waals surface area contributed by atoms with Gasteiger partial charge in [0, 0.05) is 18.6 Å². The smallest absolute Gasteiger partial charge is 0.129 e. The van der Waals surface area contributed by atoms with Crippen molar-refractivity contribution in [3.05, 3.63) is 24.2 Å². The highest BCUT2D eigenvalue weighted by atomic mass is 16.5. The van der Waals surface area contributed by atoms with Crippen LogP contribution in [-0.4, -0.2) is 54.4 Å². The second kappa shape index (κ2) is 7.40. The molecular weight excluding hydrogens is 268 g/mol. The number of hydrogen-bond acceptors (Lipinski definition) is 5. The molecule has 2 aliphatic heterocycles. The van der Waals surface area contributed by atoms with Crippen molar-refractivity contribution in [2.45, 2.75) is 50.5 Å². The first-order valence-electron chi connectivity index (χ1n) is 8.07. The molecule has 0 spiro atoms. The van der Waals surface area contributed by atoms with E-state index in [1.54, 1.807) is 6.26 Å². The molecule has 1 aromatic heterocycles. The summed E-state index contributed by atoms with van der Waals surface area (Å²) in [6.45, 7) is 3.85. The van der Waals surface area contributed by atoms with Gasteiger partial charge in [-0.3, -0.25) is 0 Å². The average Bonchev–Trinajstić information content (AvgIpc) is 3.15. The van der Waals surface area contributed by atoms with E-state index >= 15 is 0 Å². The van der Waals surface area contributed by atoms with Crippen LogP contribution in [0.4, 0.5) is 0 Å². The number of furan rings is 1. The largest absolute Gasteiger partial charge is 0.467 e. The first-order chi connectivity index (χ1) is 10.3. The minimum Gasteiger partial charge on any atom is -0.467 e. The number of aliphatic hydroxyl groups excluding tert-OH is 1. The summed E-state index contributed by atoms with van der Waals surface area (Å²) >= 11 is 0. The fourth-order valence-corrected chi connectivity index (χ4v) is 3.46. The number of nitrogens with zero attached hydrogens (tertiary/aromatic N) is 1. The minimum absolute atomic E-state index is 0.343. The number of piperidine rings is 1. The molecule has 0 aromatic carbocycles. The second-order valence-corrected chi connectivity index (χ2v) is 6.21. The van der Waals surface area contributed by atoms with E-state index in [4.69, 9.17) is 9.15 Å². The van der Waals surface area contributed by atoms with E-state index in [1.165, 1.54) is 38.8 Å². The fraction of sp³-hybridized carbons (Fsp3) is 0.750. The van der Waals surface area contributed by atoms with E-state index in [0.717, 1.165) is 11.8 Å². The van der Waals surface area contributed by atoms with Gasteiger partial charge in [0.25, 0.3) is 0 Å². The molecule has 2 N–H and O–H groups in total. The van der Waals surface area contributed by atoms with Gasteiger partial charge in [-0.25, -0.2) is 0 Å². The van der Waals surface area contributed by atoms with Gasteiger partial charge in [0.15, 0.2) is 0 Å². The van der Waals surface area contributed by atoms with Gasteiger partial charge in [-0.1, -0.05) is 0 Å². The third-order valence-electron chi connectivity index (χ3n) is 4.60. The lowest BCUT2D eigenvalue weighted by Crippen LogP contribution is -2.47. The maximum absolute atomic E-state index is 9.97. The van der Waals surface area contributed by atoms with E-state index in [9.17, 15) is 5.11 Å². The number of rotatable bonds is 7. The fourth-order valence-electron chi connectivity index (χ4n) is 3.46. The first kappa shape index (κ1) is 15.0. The predicted molar refractivity (Wildman–Crippen MR) is 80.0 cm³/mol. The van der Waals surface area contributed by atoms with Gasteiger partial charge in [0.1, 0.15) is 12.4 Å². The highest BCUT2D eigenvalue weighted by Crippen LogP contribution is 2.26. The molecule has 2 saturated heterocycles. The Morgan fingerprint density at radius 2 is 2.38 bits per heavy atom. The Hall–Kier alpha value is -0.880. The summed E-state index contributed by atoms with van der Waals surface area (Å²) in [4.78, 5) is 2.61. The molecule has 0 aliphatic carbocycles. The molecule has 21 heavy (non-hydrogen) atoms. The van der Waals surface area contributed by atoms with Gasteiger partial charge in [0.05, 0.1) is 19.0 Å². The van der Waals surface area contributed by atoms with Crippen molar-refractivity contribution in [2.24, 2.45) is 0 Å². The molecule has 1 aromatic rings. The molecule has 0 amide bonds. The summed E-state index contributed by atoms with van der Waals surface area (Å²) in [7, 11) is 0. The molecule has 2 fully saturated rings. The quantitative estimate of drug-likeness (QED) is 0.795. The summed E-state index contributed by atoms with van der Waals surface area (Å²) in [6, 6.07) is 5.03. The molecule has 3 atom stereocenters. The molecule has 5 heteroatoms. The topological polar surface area (TPSA) is 57.9 Å². The van der Waals surface area contributed by atoms with Crippen molar-refractivity contribution in [2.75, 3.05) is 26.2 Å². The SMILES string of the molecule is OC(CNC1CCN2CCCC2C1)COCc1ccco1. The second-order valence-electron chi connectivity index (χ2n) is 6.21. The number of ether oxygens (including phenoxy) is 1. The Bertz CT molecular complexity index is 410. The van der Waals surface area contributed by atoms with Crippen LogP contribution in [0.15, 0.2) is 22.8 Å². The highest BCUT2D eigenvalue weighted by Gasteiger charge is 2.31. The Balaban J connectivity index is 1.29. The molecule has 2 aliphatic rings. The highest BCUT2D eigenvalue weighted by molar-refractivity contribution is 4.96. The summed E-state index contributed by atoms with van der Waals surface area (Å²) in [5.41, 5.74) is 0. The Morgan fingerprint density at radius 3 is 3.24 bits per heavy atom. The van der Waals surface area contributed by atoms with Crippen LogP contribution in [0.5, 0.6) is 0 Å². The molecule has 5 nitrogen and oxygen atoms in total. The van der Waals surface area contributed by atoms with Gasteiger partial charge >= 0.3 is 0 Å². The Labute approximate surface area is 126 Å². The third-order valence-corrected chi connectivity index (χ3v) is 4.60. The standard InChI is InChI=1S/C16H26N2O3/c19-15(11-20-12-16-4-2-8-21-16)10-17-13-5-7-18-6-1-3-14(18)9-13/h2,4,8,13-15,17,19H,1,3,5-7,9-12H2. The number of fused-ring (bicyclic) bond motifs is 1. The van der Waals surface area contributed by atoms with E-state index < -0.39 is 6.10 Å². The molecular formula is C16H26N2O3. The predicted octanol–water partition coefficient (Wildman–Crippen LogP) is 1.37. The lowest BCUT2D eigenvalue weighted by atomic mass is 9.97. The zero-order valence-corrected chi connectivity index (χ0v) is 12.5. The minimum atomic E-state index is -0.457. The van der Waals surface area contributed by atoms with Gasteiger partial charge in [-0.15, -0.1) is 0 Å². The van der Waals surface area contributed by atoms with Crippen LogP contribution in [0.25, 0.3) is 0 Å². The summed E-state index contributed by atoms with van der Waals surface area (Å²) in [6.07, 6.45) is 6.28. The molecule has 0 radical (unpaired) electrons. The third kappa shape index (κ3) is 4.30. The molecule has 0 bridgehead atoms. The average molecular weight is 294 g/mol. The van der Waals surface area contributed by atoms with Crippen molar-refractivity contribution in [3.8, 4) is 0 Å². The van der Waals surface area contributed by atoms with Crippen LogP contribution in [0.2, 0.25) is 0 Å². The summed E-state index contributed by atoms with van der Waals surface area (Å²) in [5.74, 6) is 0.795. The van der Waals surface area contributed by atoms with Crippen LogP contribution in [-0.2, 0) is 11.3 Å². The molecule has 0 saturated carbocycles. The zero-order valence-electron chi connectivity index (χ0n) is 12.5. The Kier molecular flexibility index (Phi) is 5.30. The zero-order chi connectivity index (χ0) is 14.5. The van der Waals surface area contributed by atoms with E-state index in [2.05, 4.69) is 10.2 Å². The number of nitrogens with one attached hydrogen (secondary N) is 1. The normalized spacial score (nSPS) is 27.7. The maximum Gasteiger partial charge on any atom is 0.129 e. The Morgan fingerprint density at radius 1 is 1.43 bits per heavy atom. The molecule has 118 valence electrons. The van der Waals surface area contributed by atoms with E-state index in [1.807, 2.05) is 12.1 Å². The van der Waals surface area contributed by atoms with Crippen LogP contribution in [0.3, 0.4) is 0 Å². The summed E-state index contributed by atoms with van der Waals surface area (Å²) in [5, 5.41) is 13.5. The first-order valence-corrected chi connectivity index (χ1v) is 8.07. The monoisotopic (exact) mass is 294 g/mol. The number of aliphatic hydroxyl groups is 1. The molecule has 3 unspecified atom stereocenters. The van der Waals surface area contributed by atoms with Crippen LogP contribution >= 0.6 is 0 Å². The van der Waals surface area contributed by atoms with Crippen molar-refractivity contribution >= 4 is 0 Å². The maximum atomic E-state index is 9.97. The van der Waals surface area contributed by atoms with E-state index in [0.29, 0.717) is 25.8 Å². The lowest BCUT2D eigenvalue weighted by Gasteiger charge is -2.35. The van der Waals surface area contributed by atoms with Crippen LogP contribution in [0, 0.1) is 0 Å². The van der Waals surface area contributed by atoms with Crippen molar-refractivity contribution in [1.29, 1.82) is 0 Å². The van der Waals surface area contributed by atoms with Gasteiger partial charge in [-0.2, -0.15) is 0 Å². The molecule has 3 heterocycles. The van der Waals surface area contributed by atoms with Gasteiger partial charge < -0.3 is 24.5 Å². The number of hydrogen-bond donors (Lipinski definition) is 2. The molecule has 3 rings (SSSR count). The van der Waals surface area contributed by atoms with Gasteiger partial charge in [-0.05, 0) is 50.9 Å². The van der Waals surface area contributed by atoms with Crippen molar-refractivity contribution < 1.29 is 14.3 Å². The lowest BCUT2D eigenvalue weighted by molar-refractivity contribution is 0.0199. The van der Waals surface area contributed by atoms with Gasteiger partial charge in [0.2, 0.25) is 0 Å². The van der Waals surface area contributed by atoms with Crippen LogP contribution < -0.4 is 5.32 Å². The summed E-state index contributed by atoms with van der Waals surface area (Å²) < 4.78 is 10.6. The van der Waals surface area contributed by atoms with Crippen LogP contribution in [0.1, 0.15) is 31.4 Å². The van der Waals surface area contributed by atoms with Crippen molar-refractivity contribution in [1.82, 2.24) is 10.2 Å². The van der Waals surface area contributed by atoms with Crippen molar-refractivity contribution in [3.63, 3.8) is 0 Å².